The third kappa shape index (κ3) is 4.84. The van der Waals surface area contributed by atoms with Gasteiger partial charge in [-0.05, 0) is 16.3 Å². The van der Waals surface area contributed by atoms with E-state index in [0.29, 0.717) is 0 Å². The molecule has 0 saturated heterocycles. The summed E-state index contributed by atoms with van der Waals surface area (Å²) in [6.45, 7) is 1.87. The maximum Gasteiger partial charge on any atom is 0.216 e. The van der Waals surface area contributed by atoms with Crippen molar-refractivity contribution < 1.29 is 13.2 Å². The Bertz CT molecular complexity index is 741. The van der Waals surface area contributed by atoms with Gasteiger partial charge in [0.1, 0.15) is 0 Å². The Morgan fingerprint density at radius 2 is 1.76 bits per heavy atom. The number of rotatable bonds is 6. The monoisotopic (exact) mass is 306 g/mol. The minimum Gasteiger partial charge on any atom is -0.355 e. The van der Waals surface area contributed by atoms with Gasteiger partial charge in [0.2, 0.25) is 15.9 Å². The Morgan fingerprint density at radius 3 is 2.48 bits per heavy atom. The van der Waals surface area contributed by atoms with Crippen molar-refractivity contribution in [1.29, 1.82) is 0 Å². The van der Waals surface area contributed by atoms with Crippen molar-refractivity contribution in [2.24, 2.45) is 0 Å². The Balaban J connectivity index is 1.99. The van der Waals surface area contributed by atoms with Crippen molar-refractivity contribution in [3.8, 4) is 0 Å². The van der Waals surface area contributed by atoms with Crippen LogP contribution in [0.4, 0.5) is 0 Å². The summed E-state index contributed by atoms with van der Waals surface area (Å²) in [5.41, 5.74) is 0.737. The van der Waals surface area contributed by atoms with Crippen molar-refractivity contribution in [3.63, 3.8) is 0 Å². The maximum absolute atomic E-state index is 12.0. The van der Waals surface area contributed by atoms with Gasteiger partial charge in [0.25, 0.3) is 0 Å². The van der Waals surface area contributed by atoms with Crippen molar-refractivity contribution in [2.45, 2.75) is 12.7 Å². The number of hydrogen-bond donors (Lipinski definition) is 2. The molecular weight excluding hydrogens is 288 g/mol. The fraction of sp³-hybridized carbons (Fsp3) is 0.267. The van der Waals surface area contributed by atoms with Crippen molar-refractivity contribution in [3.05, 3.63) is 48.0 Å². The minimum absolute atomic E-state index is 0.0715. The highest BCUT2D eigenvalue weighted by molar-refractivity contribution is 7.88. The van der Waals surface area contributed by atoms with Gasteiger partial charge in [-0.3, -0.25) is 4.79 Å². The second-order valence-electron chi connectivity index (χ2n) is 4.82. The molecular formula is C15H18N2O3S. The molecule has 0 aliphatic rings. The summed E-state index contributed by atoms with van der Waals surface area (Å²) in [5, 5.41) is 4.64. The first-order valence-electron chi connectivity index (χ1n) is 6.66. The summed E-state index contributed by atoms with van der Waals surface area (Å²) >= 11 is 0. The molecule has 0 unspecified atom stereocenters. The lowest BCUT2D eigenvalue weighted by molar-refractivity contribution is -0.118. The third-order valence-corrected chi connectivity index (χ3v) is 4.35. The van der Waals surface area contributed by atoms with Crippen LogP contribution in [0.15, 0.2) is 42.5 Å². The Hall–Kier alpha value is -1.92. The number of benzene rings is 2. The Morgan fingerprint density at radius 1 is 1.05 bits per heavy atom. The van der Waals surface area contributed by atoms with Crippen molar-refractivity contribution in [2.75, 3.05) is 13.1 Å². The molecule has 0 fully saturated rings. The third-order valence-electron chi connectivity index (χ3n) is 2.99. The molecule has 1 amide bonds. The van der Waals surface area contributed by atoms with Crippen LogP contribution in [-0.4, -0.2) is 27.4 Å². The predicted octanol–water partition coefficient (Wildman–Crippen LogP) is 1.40. The van der Waals surface area contributed by atoms with E-state index in [9.17, 15) is 13.2 Å². The van der Waals surface area contributed by atoms with Gasteiger partial charge >= 0.3 is 0 Å². The number of carbonyl (C=O) groups excluding carboxylic acids is 1. The molecule has 112 valence electrons. The van der Waals surface area contributed by atoms with E-state index >= 15 is 0 Å². The number of amides is 1. The number of hydrogen-bond acceptors (Lipinski definition) is 3. The average molecular weight is 306 g/mol. The molecule has 0 aliphatic heterocycles. The van der Waals surface area contributed by atoms with Crippen LogP contribution in [0.3, 0.4) is 0 Å². The summed E-state index contributed by atoms with van der Waals surface area (Å²) < 4.78 is 26.4. The highest BCUT2D eigenvalue weighted by Gasteiger charge is 2.11. The average Bonchev–Trinajstić information content (AvgIpc) is 2.43. The van der Waals surface area contributed by atoms with E-state index in [-0.39, 0.29) is 24.7 Å². The lowest BCUT2D eigenvalue weighted by Gasteiger charge is -2.08. The molecule has 5 nitrogen and oxygen atoms in total. The lowest BCUT2D eigenvalue weighted by atomic mass is 10.1. The van der Waals surface area contributed by atoms with E-state index in [1.54, 1.807) is 0 Å². The standard InChI is InChI=1S/C15H18N2O3S/c1-12(18)16-8-9-17-21(19,20)11-13-6-7-14-4-2-3-5-15(14)10-13/h2-7,10,17H,8-9,11H2,1H3,(H,16,18). The van der Waals surface area contributed by atoms with E-state index in [2.05, 4.69) is 10.0 Å². The van der Waals surface area contributed by atoms with Gasteiger partial charge in [-0.15, -0.1) is 0 Å². The van der Waals surface area contributed by atoms with Crippen LogP contribution in [0.1, 0.15) is 12.5 Å². The largest absolute Gasteiger partial charge is 0.355 e. The molecule has 0 aliphatic carbocycles. The number of nitrogens with one attached hydrogen (secondary N) is 2. The first-order chi connectivity index (χ1) is 9.96. The summed E-state index contributed by atoms with van der Waals surface area (Å²) in [5.74, 6) is -0.249. The number of carbonyl (C=O) groups is 1. The molecule has 21 heavy (non-hydrogen) atoms. The SMILES string of the molecule is CC(=O)NCCNS(=O)(=O)Cc1ccc2ccccc2c1. The molecule has 6 heteroatoms. The summed E-state index contributed by atoms with van der Waals surface area (Å²) in [6.07, 6.45) is 0. The molecule has 2 aromatic rings. The minimum atomic E-state index is -3.40. The highest BCUT2D eigenvalue weighted by atomic mass is 32.2. The zero-order valence-corrected chi connectivity index (χ0v) is 12.6. The van der Waals surface area contributed by atoms with E-state index in [0.717, 1.165) is 16.3 Å². The second-order valence-corrected chi connectivity index (χ2v) is 6.62. The molecule has 0 radical (unpaired) electrons. The van der Waals surface area contributed by atoms with Crippen LogP contribution in [0, 0.1) is 0 Å². The summed E-state index contributed by atoms with van der Waals surface area (Å²) in [7, 11) is -3.40. The van der Waals surface area contributed by atoms with E-state index < -0.39 is 10.0 Å². The lowest BCUT2D eigenvalue weighted by Crippen LogP contribution is -2.34. The maximum atomic E-state index is 12.0. The normalized spacial score (nSPS) is 11.5. The van der Waals surface area contributed by atoms with Crippen LogP contribution < -0.4 is 10.0 Å². The molecule has 0 aromatic heterocycles. The predicted molar refractivity (Wildman–Crippen MR) is 83.3 cm³/mol. The van der Waals surface area contributed by atoms with Gasteiger partial charge in [-0.25, -0.2) is 13.1 Å². The highest BCUT2D eigenvalue weighted by Crippen LogP contribution is 2.16. The smallest absolute Gasteiger partial charge is 0.216 e. The quantitative estimate of drug-likeness (QED) is 0.792. The van der Waals surface area contributed by atoms with Crippen LogP contribution in [-0.2, 0) is 20.6 Å². The second kappa shape index (κ2) is 6.69. The topological polar surface area (TPSA) is 75.3 Å². The molecule has 2 N–H and O–H groups in total. The fourth-order valence-electron chi connectivity index (χ4n) is 2.04. The number of fused-ring (bicyclic) bond motifs is 1. The molecule has 0 heterocycles. The van der Waals surface area contributed by atoms with Crippen LogP contribution >= 0.6 is 0 Å². The zero-order valence-electron chi connectivity index (χ0n) is 11.8. The molecule has 0 saturated carbocycles. The van der Waals surface area contributed by atoms with Gasteiger partial charge in [0.05, 0.1) is 5.75 Å². The molecule has 2 rings (SSSR count). The van der Waals surface area contributed by atoms with Gasteiger partial charge in [-0.2, -0.15) is 0 Å². The van der Waals surface area contributed by atoms with E-state index in [4.69, 9.17) is 0 Å². The van der Waals surface area contributed by atoms with Gasteiger partial charge in [0, 0.05) is 20.0 Å². The van der Waals surface area contributed by atoms with E-state index in [1.807, 2.05) is 42.5 Å². The van der Waals surface area contributed by atoms with Crippen molar-refractivity contribution >= 4 is 26.7 Å². The van der Waals surface area contributed by atoms with Gasteiger partial charge in [-0.1, -0.05) is 42.5 Å². The Kier molecular flexibility index (Phi) is 4.93. The van der Waals surface area contributed by atoms with Gasteiger partial charge < -0.3 is 5.32 Å². The van der Waals surface area contributed by atoms with Crippen molar-refractivity contribution in [1.82, 2.24) is 10.0 Å². The Labute approximate surface area is 124 Å². The summed E-state index contributed by atoms with van der Waals surface area (Å²) in [6, 6.07) is 13.4. The molecule has 2 aromatic carbocycles. The summed E-state index contributed by atoms with van der Waals surface area (Å²) in [4.78, 5) is 10.7. The zero-order chi connectivity index (χ0) is 15.3. The molecule has 0 atom stereocenters. The number of sulfonamides is 1. The van der Waals surface area contributed by atoms with Crippen LogP contribution in [0.5, 0.6) is 0 Å². The van der Waals surface area contributed by atoms with Gasteiger partial charge in [0.15, 0.2) is 0 Å². The first kappa shape index (κ1) is 15.5. The van der Waals surface area contributed by atoms with Crippen LogP contribution in [0.25, 0.3) is 10.8 Å². The van der Waals surface area contributed by atoms with Crippen LogP contribution in [0.2, 0.25) is 0 Å². The molecule has 0 spiro atoms. The molecule has 0 bridgehead atoms. The van der Waals surface area contributed by atoms with E-state index in [1.165, 1.54) is 6.92 Å². The first-order valence-corrected chi connectivity index (χ1v) is 8.31. The fourth-order valence-corrected chi connectivity index (χ4v) is 3.18.